The third-order valence-corrected chi connectivity index (χ3v) is 6.48. The Morgan fingerprint density at radius 1 is 1.08 bits per heavy atom. The molecule has 0 fully saturated rings. The van der Waals surface area contributed by atoms with E-state index in [-0.39, 0.29) is 13.1 Å². The Bertz CT molecular complexity index is 1140. The number of carbonyl (C=O) groups is 3. The van der Waals surface area contributed by atoms with Crippen LogP contribution in [0.1, 0.15) is 55.5 Å². The molecule has 0 bridgehead atoms. The van der Waals surface area contributed by atoms with Gasteiger partial charge >= 0.3 is 6.09 Å². The maximum atomic E-state index is 13.9. The molecule has 0 saturated carbocycles. The Morgan fingerprint density at radius 2 is 1.76 bits per heavy atom. The average Bonchev–Trinajstić information content (AvgIpc) is 2.86. The topological polar surface area (TPSA) is 112 Å². The van der Waals surface area contributed by atoms with Gasteiger partial charge in [0.25, 0.3) is 0 Å². The molecule has 0 spiro atoms. The predicted octanol–water partition coefficient (Wildman–Crippen LogP) is 4.66. The number of benzene rings is 2. The fourth-order valence-corrected chi connectivity index (χ4v) is 4.28. The summed E-state index contributed by atoms with van der Waals surface area (Å²) in [6.45, 7) is 9.04. The van der Waals surface area contributed by atoms with Crippen LogP contribution in [-0.2, 0) is 20.9 Å². The van der Waals surface area contributed by atoms with Crippen molar-refractivity contribution in [2.45, 2.75) is 65.3 Å². The molecule has 204 valence electrons. The molecule has 2 unspecified atom stereocenters. The highest BCUT2D eigenvalue weighted by Gasteiger charge is 2.36. The minimum atomic E-state index is -1.07. The SMILES string of the molecule is CSCCC(NC(=O)OC(C)(C)C)C(=O)N(CC#N)C(C(=O)NCc1ccccc1)c1ccc(C)c(C)c1. The second-order valence-corrected chi connectivity index (χ2v) is 11.0. The third-order valence-electron chi connectivity index (χ3n) is 5.84. The summed E-state index contributed by atoms with van der Waals surface area (Å²) >= 11 is 1.53. The van der Waals surface area contributed by atoms with E-state index in [0.29, 0.717) is 17.7 Å². The summed E-state index contributed by atoms with van der Waals surface area (Å²) in [6, 6.07) is 15.0. The van der Waals surface area contributed by atoms with Gasteiger partial charge in [0.1, 0.15) is 24.2 Å². The standard InChI is InChI=1S/C29H38N4O4S/c1-20-12-13-23(18-21(20)2)25(26(34)31-19-22-10-8-7-9-11-22)33(16-15-30)27(35)24(14-17-38-6)32-28(36)37-29(3,4)5/h7-13,18,24-25H,14,16-17,19H2,1-6H3,(H,31,34)(H,32,36). The van der Waals surface area contributed by atoms with Gasteiger partial charge in [-0.15, -0.1) is 0 Å². The molecule has 0 radical (unpaired) electrons. The molecule has 0 aliphatic heterocycles. The zero-order chi connectivity index (χ0) is 28.3. The molecule has 3 amide bonds. The highest BCUT2D eigenvalue weighted by atomic mass is 32.2. The lowest BCUT2D eigenvalue weighted by Gasteiger charge is -2.33. The fraction of sp³-hybridized carbons (Fsp3) is 0.448. The quantitative estimate of drug-likeness (QED) is 0.403. The maximum Gasteiger partial charge on any atom is 0.408 e. The van der Waals surface area contributed by atoms with Crippen LogP contribution in [0.5, 0.6) is 0 Å². The van der Waals surface area contributed by atoms with E-state index in [1.165, 1.54) is 16.7 Å². The van der Waals surface area contributed by atoms with Crippen LogP contribution < -0.4 is 10.6 Å². The molecule has 2 N–H and O–H groups in total. The van der Waals surface area contributed by atoms with Gasteiger partial charge in [0.15, 0.2) is 0 Å². The number of alkyl carbamates (subject to hydrolysis) is 1. The van der Waals surface area contributed by atoms with Gasteiger partial charge in [0.2, 0.25) is 11.8 Å². The van der Waals surface area contributed by atoms with Crippen LogP contribution in [-0.4, -0.2) is 53.0 Å². The molecule has 0 aromatic heterocycles. The minimum Gasteiger partial charge on any atom is -0.444 e. The summed E-state index contributed by atoms with van der Waals surface area (Å²) in [4.78, 5) is 41.4. The average molecular weight is 539 g/mol. The summed E-state index contributed by atoms with van der Waals surface area (Å²) in [5.41, 5.74) is 2.74. The first-order valence-corrected chi connectivity index (χ1v) is 13.9. The lowest BCUT2D eigenvalue weighted by Crippen LogP contribution is -2.53. The van der Waals surface area contributed by atoms with Crippen molar-refractivity contribution in [2.24, 2.45) is 0 Å². The van der Waals surface area contributed by atoms with Crippen molar-refractivity contribution in [3.05, 3.63) is 70.8 Å². The number of hydrogen-bond donors (Lipinski definition) is 2. The molecule has 0 saturated heterocycles. The molecule has 8 nitrogen and oxygen atoms in total. The smallest absolute Gasteiger partial charge is 0.408 e. The van der Waals surface area contributed by atoms with Gasteiger partial charge in [-0.3, -0.25) is 9.59 Å². The number of ether oxygens (including phenoxy) is 1. The first-order valence-electron chi connectivity index (χ1n) is 12.5. The first kappa shape index (κ1) is 30.7. The van der Waals surface area contributed by atoms with Crippen LogP contribution in [0.2, 0.25) is 0 Å². The normalized spacial score (nSPS) is 12.6. The van der Waals surface area contributed by atoms with E-state index in [2.05, 4.69) is 10.6 Å². The van der Waals surface area contributed by atoms with E-state index in [4.69, 9.17) is 4.74 Å². The molecule has 2 rings (SSSR count). The number of thioether (sulfide) groups is 1. The van der Waals surface area contributed by atoms with E-state index in [1.807, 2.05) is 68.6 Å². The lowest BCUT2D eigenvalue weighted by molar-refractivity contribution is -0.141. The monoisotopic (exact) mass is 538 g/mol. The van der Waals surface area contributed by atoms with E-state index < -0.39 is 35.6 Å². The van der Waals surface area contributed by atoms with E-state index >= 15 is 0 Å². The molecule has 2 atom stereocenters. The number of nitrogens with zero attached hydrogens (tertiary/aromatic N) is 2. The Balaban J connectivity index is 2.45. The summed E-state index contributed by atoms with van der Waals surface area (Å²) in [5, 5.41) is 15.3. The molecule has 2 aromatic rings. The first-order chi connectivity index (χ1) is 18.0. The second-order valence-electron chi connectivity index (χ2n) is 10.1. The van der Waals surface area contributed by atoms with Gasteiger partial charge < -0.3 is 20.3 Å². The van der Waals surface area contributed by atoms with Crippen LogP contribution in [0.25, 0.3) is 0 Å². The van der Waals surface area contributed by atoms with Crippen LogP contribution in [0, 0.1) is 25.2 Å². The van der Waals surface area contributed by atoms with Gasteiger partial charge in [0, 0.05) is 6.54 Å². The summed E-state index contributed by atoms with van der Waals surface area (Å²) in [6.07, 6.45) is 1.48. The molecule has 2 aromatic carbocycles. The Labute approximate surface area is 230 Å². The number of nitrogens with one attached hydrogen (secondary N) is 2. The highest BCUT2D eigenvalue weighted by Crippen LogP contribution is 2.25. The molecule has 0 heterocycles. The Kier molecular flexibility index (Phi) is 11.7. The molecule has 0 aliphatic carbocycles. The van der Waals surface area contributed by atoms with Crippen molar-refractivity contribution in [3.63, 3.8) is 0 Å². The van der Waals surface area contributed by atoms with Crippen molar-refractivity contribution < 1.29 is 19.1 Å². The van der Waals surface area contributed by atoms with Gasteiger partial charge in [-0.05, 0) is 75.3 Å². The molecule has 0 aliphatic rings. The summed E-state index contributed by atoms with van der Waals surface area (Å²) in [5.74, 6) is -0.354. The number of carbonyl (C=O) groups excluding carboxylic acids is 3. The van der Waals surface area contributed by atoms with E-state index in [9.17, 15) is 19.6 Å². The van der Waals surface area contributed by atoms with Gasteiger partial charge in [-0.2, -0.15) is 17.0 Å². The predicted molar refractivity (Wildman–Crippen MR) is 150 cm³/mol. The Morgan fingerprint density at radius 3 is 2.34 bits per heavy atom. The van der Waals surface area contributed by atoms with Crippen molar-refractivity contribution in [3.8, 4) is 6.07 Å². The van der Waals surface area contributed by atoms with Crippen LogP contribution >= 0.6 is 11.8 Å². The molecule has 38 heavy (non-hydrogen) atoms. The van der Waals surface area contributed by atoms with Crippen molar-refractivity contribution in [2.75, 3.05) is 18.6 Å². The molecular formula is C29H38N4O4S. The second kappa shape index (κ2) is 14.4. The van der Waals surface area contributed by atoms with Crippen LogP contribution in [0.3, 0.4) is 0 Å². The zero-order valence-corrected chi connectivity index (χ0v) is 23.9. The maximum absolute atomic E-state index is 13.9. The fourth-order valence-electron chi connectivity index (χ4n) is 3.80. The highest BCUT2D eigenvalue weighted by molar-refractivity contribution is 7.98. The largest absolute Gasteiger partial charge is 0.444 e. The van der Waals surface area contributed by atoms with E-state index in [1.54, 1.807) is 26.8 Å². The zero-order valence-electron chi connectivity index (χ0n) is 23.0. The van der Waals surface area contributed by atoms with Crippen LogP contribution in [0.4, 0.5) is 4.79 Å². The van der Waals surface area contributed by atoms with Crippen LogP contribution in [0.15, 0.2) is 48.5 Å². The number of hydrogen-bond acceptors (Lipinski definition) is 6. The molecular weight excluding hydrogens is 500 g/mol. The third kappa shape index (κ3) is 9.42. The number of rotatable bonds is 11. The number of aryl methyl sites for hydroxylation is 2. The number of amides is 3. The van der Waals surface area contributed by atoms with Crippen molar-refractivity contribution in [1.29, 1.82) is 5.26 Å². The van der Waals surface area contributed by atoms with Crippen molar-refractivity contribution in [1.82, 2.24) is 15.5 Å². The molecule has 9 heteroatoms. The number of nitriles is 1. The Hall–Kier alpha value is -3.51. The van der Waals surface area contributed by atoms with Gasteiger partial charge in [-0.25, -0.2) is 4.79 Å². The summed E-state index contributed by atoms with van der Waals surface area (Å²) in [7, 11) is 0. The van der Waals surface area contributed by atoms with Gasteiger partial charge in [-0.1, -0.05) is 48.5 Å². The van der Waals surface area contributed by atoms with Crippen molar-refractivity contribution >= 4 is 29.7 Å². The lowest BCUT2D eigenvalue weighted by atomic mass is 9.98. The van der Waals surface area contributed by atoms with Gasteiger partial charge in [0.05, 0.1) is 6.07 Å². The summed E-state index contributed by atoms with van der Waals surface area (Å²) < 4.78 is 5.38. The van der Waals surface area contributed by atoms with E-state index in [0.717, 1.165) is 16.7 Å². The minimum absolute atomic E-state index is 0.266.